The summed E-state index contributed by atoms with van der Waals surface area (Å²) < 4.78 is 7.34. The number of fused-ring (bicyclic) bond motifs is 1. The highest BCUT2D eigenvalue weighted by molar-refractivity contribution is 9.11. The first-order valence-corrected chi connectivity index (χ1v) is 9.11. The molecule has 1 aromatic heterocycles. The van der Waals surface area contributed by atoms with Gasteiger partial charge in [-0.3, -0.25) is 9.78 Å². The van der Waals surface area contributed by atoms with E-state index in [4.69, 9.17) is 4.74 Å². The van der Waals surface area contributed by atoms with Crippen molar-refractivity contribution in [1.82, 2.24) is 4.98 Å². The summed E-state index contributed by atoms with van der Waals surface area (Å²) in [5.41, 5.74) is 0.683. The lowest BCUT2D eigenvalue weighted by Crippen LogP contribution is -2.20. The molecule has 2 aromatic rings. The van der Waals surface area contributed by atoms with Crippen LogP contribution in [0.5, 0.6) is 5.75 Å². The van der Waals surface area contributed by atoms with Gasteiger partial charge in [-0.15, -0.1) is 0 Å². The SMILES string of the molecule is CCCC[C@H](CC)C(=O)Oc1c(Br)cc(Br)c2cccnc12. The fraction of sp³-hybridized carbons (Fsp3) is 0.412. The number of nitrogens with zero attached hydrogens (tertiary/aromatic N) is 1. The van der Waals surface area contributed by atoms with Gasteiger partial charge in [0.2, 0.25) is 0 Å². The lowest BCUT2D eigenvalue weighted by Gasteiger charge is -2.15. The number of carbonyl (C=O) groups excluding carboxylic acids is 1. The van der Waals surface area contributed by atoms with Crippen molar-refractivity contribution in [2.45, 2.75) is 39.5 Å². The molecule has 0 bridgehead atoms. The number of benzene rings is 1. The van der Waals surface area contributed by atoms with Gasteiger partial charge in [0, 0.05) is 16.1 Å². The van der Waals surface area contributed by atoms with Crippen LogP contribution in [0.2, 0.25) is 0 Å². The predicted octanol–water partition coefficient (Wildman–Crippen LogP) is 5.88. The Kier molecular flexibility index (Phi) is 6.38. The van der Waals surface area contributed by atoms with Crippen molar-refractivity contribution in [3.05, 3.63) is 33.3 Å². The molecule has 0 unspecified atom stereocenters. The molecule has 0 aliphatic heterocycles. The average molecular weight is 429 g/mol. The van der Waals surface area contributed by atoms with Crippen LogP contribution in [0.25, 0.3) is 10.9 Å². The minimum Gasteiger partial charge on any atom is -0.423 e. The van der Waals surface area contributed by atoms with Gasteiger partial charge in [-0.2, -0.15) is 0 Å². The zero-order valence-electron chi connectivity index (χ0n) is 12.7. The Labute approximate surface area is 147 Å². The summed E-state index contributed by atoms with van der Waals surface area (Å²) in [5.74, 6) is 0.263. The first kappa shape index (κ1) is 17.4. The summed E-state index contributed by atoms with van der Waals surface area (Å²) >= 11 is 6.99. The van der Waals surface area contributed by atoms with Crippen LogP contribution in [0.1, 0.15) is 39.5 Å². The molecular formula is C17H19Br2NO2. The Morgan fingerprint density at radius 3 is 2.77 bits per heavy atom. The molecule has 22 heavy (non-hydrogen) atoms. The van der Waals surface area contributed by atoms with E-state index in [1.807, 2.05) is 25.1 Å². The van der Waals surface area contributed by atoms with Gasteiger partial charge in [0.05, 0.1) is 10.4 Å². The van der Waals surface area contributed by atoms with E-state index in [1.54, 1.807) is 6.20 Å². The average Bonchev–Trinajstić information content (AvgIpc) is 2.52. The number of carbonyl (C=O) groups is 1. The maximum Gasteiger partial charge on any atom is 0.314 e. The van der Waals surface area contributed by atoms with E-state index in [-0.39, 0.29) is 11.9 Å². The summed E-state index contributed by atoms with van der Waals surface area (Å²) in [6.07, 6.45) is 5.47. The molecule has 1 aromatic carbocycles. The number of hydrogen-bond donors (Lipinski definition) is 0. The van der Waals surface area contributed by atoms with Crippen LogP contribution in [0.3, 0.4) is 0 Å². The molecule has 0 radical (unpaired) electrons. The maximum absolute atomic E-state index is 12.4. The van der Waals surface area contributed by atoms with Crippen molar-refractivity contribution in [2.75, 3.05) is 0 Å². The highest BCUT2D eigenvalue weighted by Gasteiger charge is 2.21. The number of hydrogen-bond acceptors (Lipinski definition) is 3. The summed E-state index contributed by atoms with van der Waals surface area (Å²) in [6.45, 7) is 4.15. The molecule has 3 nitrogen and oxygen atoms in total. The van der Waals surface area contributed by atoms with Crippen LogP contribution >= 0.6 is 31.9 Å². The van der Waals surface area contributed by atoms with E-state index < -0.39 is 0 Å². The van der Waals surface area contributed by atoms with Gasteiger partial charge < -0.3 is 4.74 Å². The standard InChI is InChI=1S/C17H19Br2NO2/c1-3-5-7-11(4-2)17(21)22-16-14(19)10-13(18)12-8-6-9-20-15(12)16/h6,8-11H,3-5,7H2,1-2H3/t11-/m0/s1. The monoisotopic (exact) mass is 427 g/mol. The highest BCUT2D eigenvalue weighted by atomic mass is 79.9. The van der Waals surface area contributed by atoms with Gasteiger partial charge in [0.15, 0.2) is 5.75 Å². The molecule has 0 spiro atoms. The molecule has 1 heterocycles. The molecule has 0 saturated heterocycles. The summed E-state index contributed by atoms with van der Waals surface area (Å²) in [6, 6.07) is 5.70. The van der Waals surface area contributed by atoms with Gasteiger partial charge in [0.1, 0.15) is 5.52 Å². The molecule has 0 saturated carbocycles. The van der Waals surface area contributed by atoms with Crippen molar-refractivity contribution < 1.29 is 9.53 Å². The Balaban J connectivity index is 2.33. The molecule has 0 amide bonds. The minimum atomic E-state index is -0.175. The highest BCUT2D eigenvalue weighted by Crippen LogP contribution is 2.37. The Bertz CT molecular complexity index is 673. The molecule has 2 rings (SSSR count). The van der Waals surface area contributed by atoms with Crippen LogP contribution in [0.15, 0.2) is 33.3 Å². The normalized spacial score (nSPS) is 12.4. The third-order valence-corrected chi connectivity index (χ3v) is 4.93. The fourth-order valence-corrected chi connectivity index (χ4v) is 3.72. The summed E-state index contributed by atoms with van der Waals surface area (Å²) in [7, 11) is 0. The molecule has 118 valence electrons. The van der Waals surface area contributed by atoms with Crippen molar-refractivity contribution >= 4 is 48.7 Å². The zero-order valence-corrected chi connectivity index (χ0v) is 15.9. The largest absolute Gasteiger partial charge is 0.423 e. The number of esters is 1. The van der Waals surface area contributed by atoms with Gasteiger partial charge in [0.25, 0.3) is 0 Å². The Hall–Kier alpha value is -0.940. The van der Waals surface area contributed by atoms with Crippen molar-refractivity contribution in [1.29, 1.82) is 0 Å². The summed E-state index contributed by atoms with van der Waals surface area (Å²) in [4.78, 5) is 16.8. The number of halogens is 2. The van der Waals surface area contributed by atoms with Crippen molar-refractivity contribution in [3.63, 3.8) is 0 Å². The van der Waals surface area contributed by atoms with E-state index in [0.29, 0.717) is 11.3 Å². The van der Waals surface area contributed by atoms with Crippen LogP contribution in [-0.4, -0.2) is 11.0 Å². The smallest absolute Gasteiger partial charge is 0.314 e. The van der Waals surface area contributed by atoms with E-state index >= 15 is 0 Å². The number of ether oxygens (including phenoxy) is 1. The Morgan fingerprint density at radius 1 is 1.32 bits per heavy atom. The van der Waals surface area contributed by atoms with Crippen LogP contribution in [0, 0.1) is 5.92 Å². The fourth-order valence-electron chi connectivity index (χ4n) is 2.37. The zero-order chi connectivity index (χ0) is 16.1. The van der Waals surface area contributed by atoms with E-state index in [2.05, 4.69) is 43.8 Å². The minimum absolute atomic E-state index is 0.0609. The lowest BCUT2D eigenvalue weighted by molar-refractivity contribution is -0.139. The van der Waals surface area contributed by atoms with Crippen LogP contribution < -0.4 is 4.74 Å². The predicted molar refractivity (Wildman–Crippen MR) is 96.1 cm³/mol. The van der Waals surface area contributed by atoms with Gasteiger partial charge in [-0.05, 0) is 40.9 Å². The number of unbranched alkanes of at least 4 members (excludes halogenated alkanes) is 1. The van der Waals surface area contributed by atoms with Crippen LogP contribution in [0.4, 0.5) is 0 Å². The number of rotatable bonds is 6. The molecular weight excluding hydrogens is 410 g/mol. The van der Waals surface area contributed by atoms with Gasteiger partial charge in [-0.1, -0.05) is 48.7 Å². The summed E-state index contributed by atoms with van der Waals surface area (Å²) in [5, 5.41) is 0.926. The first-order valence-electron chi connectivity index (χ1n) is 7.52. The molecule has 0 fully saturated rings. The molecule has 0 aliphatic carbocycles. The lowest BCUT2D eigenvalue weighted by atomic mass is 10.00. The molecule has 0 N–H and O–H groups in total. The third kappa shape index (κ3) is 3.87. The number of pyridine rings is 1. The number of aromatic nitrogens is 1. The van der Waals surface area contributed by atoms with Crippen LogP contribution in [-0.2, 0) is 4.79 Å². The maximum atomic E-state index is 12.4. The molecule has 5 heteroatoms. The van der Waals surface area contributed by atoms with Gasteiger partial charge >= 0.3 is 5.97 Å². The first-order chi connectivity index (χ1) is 10.6. The van der Waals surface area contributed by atoms with Crippen molar-refractivity contribution in [2.24, 2.45) is 5.92 Å². The topological polar surface area (TPSA) is 39.2 Å². The third-order valence-electron chi connectivity index (χ3n) is 3.69. The molecule has 1 atom stereocenters. The van der Waals surface area contributed by atoms with Gasteiger partial charge in [-0.25, -0.2) is 0 Å². The van der Waals surface area contributed by atoms with E-state index in [0.717, 1.165) is 40.0 Å². The van der Waals surface area contributed by atoms with Crippen molar-refractivity contribution in [3.8, 4) is 5.75 Å². The van der Waals surface area contributed by atoms with E-state index in [1.165, 1.54) is 0 Å². The second kappa shape index (κ2) is 8.06. The second-order valence-corrected chi connectivity index (χ2v) is 6.95. The second-order valence-electron chi connectivity index (χ2n) is 5.24. The Morgan fingerprint density at radius 2 is 2.09 bits per heavy atom. The quantitative estimate of drug-likeness (QED) is 0.425. The molecule has 0 aliphatic rings. The van der Waals surface area contributed by atoms with E-state index in [9.17, 15) is 4.79 Å².